The van der Waals surface area contributed by atoms with Crippen LogP contribution in [0.2, 0.25) is 0 Å². The number of aromatic nitrogens is 4. The lowest BCUT2D eigenvalue weighted by Crippen LogP contribution is -2.15. The zero-order valence-corrected chi connectivity index (χ0v) is 26.7. The molecule has 9 aromatic rings. The molecular weight excluding hydrogens is 593 g/mol. The van der Waals surface area contributed by atoms with Crippen LogP contribution in [-0.4, -0.2) is 19.5 Å². The lowest BCUT2D eigenvalue weighted by atomic mass is 9.82. The number of para-hydroxylation sites is 1. The molecule has 0 atom stereocenters. The highest BCUT2D eigenvalue weighted by Gasteiger charge is 2.35. The van der Waals surface area contributed by atoms with Crippen LogP contribution in [0.4, 0.5) is 0 Å². The highest BCUT2D eigenvalue weighted by Crippen LogP contribution is 2.49. The van der Waals surface area contributed by atoms with Gasteiger partial charge in [0, 0.05) is 47.5 Å². The lowest BCUT2D eigenvalue weighted by Gasteiger charge is -2.21. The van der Waals surface area contributed by atoms with Gasteiger partial charge in [-0.1, -0.05) is 117 Å². The van der Waals surface area contributed by atoms with Crippen molar-refractivity contribution in [3.05, 3.63) is 145 Å². The van der Waals surface area contributed by atoms with Crippen molar-refractivity contribution >= 4 is 53.3 Å². The summed E-state index contributed by atoms with van der Waals surface area (Å²) in [5, 5.41) is 4.90. The second kappa shape index (κ2) is 9.68. The molecule has 0 fully saturated rings. The second-order valence-electron chi connectivity index (χ2n) is 12.9. The van der Waals surface area contributed by atoms with Gasteiger partial charge in [-0.15, -0.1) is 11.3 Å². The van der Waals surface area contributed by atoms with E-state index in [0.29, 0.717) is 17.6 Å². The van der Waals surface area contributed by atoms with E-state index in [2.05, 4.69) is 134 Å². The monoisotopic (exact) mass is 620 g/mol. The van der Waals surface area contributed by atoms with Crippen molar-refractivity contribution in [1.82, 2.24) is 19.5 Å². The molecule has 0 bridgehead atoms. The van der Waals surface area contributed by atoms with Crippen LogP contribution in [0.1, 0.15) is 25.0 Å². The van der Waals surface area contributed by atoms with Gasteiger partial charge in [0.25, 0.3) is 0 Å². The summed E-state index contributed by atoms with van der Waals surface area (Å²) in [5.41, 5.74) is 9.21. The van der Waals surface area contributed by atoms with Crippen LogP contribution >= 0.6 is 11.3 Å². The highest BCUT2D eigenvalue weighted by atomic mass is 32.1. The Kier molecular flexibility index (Phi) is 5.47. The van der Waals surface area contributed by atoms with E-state index in [1.807, 2.05) is 29.5 Å². The fourth-order valence-corrected chi connectivity index (χ4v) is 8.68. The molecule has 6 aromatic carbocycles. The molecule has 0 aliphatic heterocycles. The van der Waals surface area contributed by atoms with Gasteiger partial charge in [0.05, 0.1) is 11.0 Å². The third-order valence-corrected chi connectivity index (χ3v) is 11.0. The topological polar surface area (TPSA) is 43.6 Å². The van der Waals surface area contributed by atoms with Crippen LogP contribution in [0.15, 0.2) is 133 Å². The third-order valence-electron chi connectivity index (χ3n) is 9.87. The Balaban J connectivity index is 1.25. The molecule has 4 nitrogen and oxygen atoms in total. The van der Waals surface area contributed by atoms with E-state index in [0.717, 1.165) is 22.2 Å². The van der Waals surface area contributed by atoms with Crippen molar-refractivity contribution < 1.29 is 0 Å². The number of hydrogen-bond donors (Lipinski definition) is 0. The molecule has 1 aliphatic carbocycles. The van der Waals surface area contributed by atoms with Gasteiger partial charge < -0.3 is 0 Å². The molecule has 222 valence electrons. The molecule has 0 saturated heterocycles. The molecular formula is C42H28N4S. The molecule has 0 radical (unpaired) electrons. The quantitative estimate of drug-likeness (QED) is 0.197. The van der Waals surface area contributed by atoms with E-state index in [9.17, 15) is 0 Å². The average Bonchev–Trinajstić information content (AvgIpc) is 3.72. The smallest absolute Gasteiger partial charge is 0.238 e. The minimum Gasteiger partial charge on any atom is -0.278 e. The van der Waals surface area contributed by atoms with Gasteiger partial charge in [-0.25, -0.2) is 4.98 Å². The Hall–Kier alpha value is -5.65. The molecule has 0 saturated carbocycles. The van der Waals surface area contributed by atoms with Gasteiger partial charge in [0.1, 0.15) is 0 Å². The highest BCUT2D eigenvalue weighted by molar-refractivity contribution is 7.25. The van der Waals surface area contributed by atoms with Crippen LogP contribution in [0.3, 0.4) is 0 Å². The van der Waals surface area contributed by atoms with Crippen LogP contribution in [0.25, 0.3) is 81.8 Å². The molecule has 0 N–H and O–H groups in total. The van der Waals surface area contributed by atoms with Crippen molar-refractivity contribution in [1.29, 1.82) is 0 Å². The minimum atomic E-state index is -0.123. The van der Waals surface area contributed by atoms with Gasteiger partial charge in [0.15, 0.2) is 11.6 Å². The van der Waals surface area contributed by atoms with Gasteiger partial charge >= 0.3 is 0 Å². The molecule has 10 rings (SSSR count). The number of rotatable bonds is 3. The number of thiophene rings is 1. The normalized spacial score (nSPS) is 13.5. The Labute approximate surface area is 275 Å². The first kappa shape index (κ1) is 26.6. The summed E-state index contributed by atoms with van der Waals surface area (Å²) in [7, 11) is 0. The number of hydrogen-bond acceptors (Lipinski definition) is 4. The van der Waals surface area contributed by atoms with E-state index in [1.165, 1.54) is 53.2 Å². The lowest BCUT2D eigenvalue weighted by molar-refractivity contribution is 0.660. The van der Waals surface area contributed by atoms with Gasteiger partial charge in [-0.3, -0.25) is 4.57 Å². The molecule has 5 heteroatoms. The molecule has 3 aromatic heterocycles. The standard InChI is InChI=1S/C42H28N4S/c1-42(2)33-17-9-6-14-27(33)28-21-20-26(22-34(28)42)40-43-39(25-12-4-3-5-13-25)44-41(45-40)46-35-18-10-7-15-29(35)31-24-38-32(23-36(31)46)30-16-8-11-19-37(30)47-38/h3-24H,1-2H3. The Morgan fingerprint density at radius 2 is 1.19 bits per heavy atom. The predicted octanol–water partition coefficient (Wildman–Crippen LogP) is 11.0. The van der Waals surface area contributed by atoms with E-state index < -0.39 is 0 Å². The van der Waals surface area contributed by atoms with E-state index >= 15 is 0 Å². The molecule has 1 aliphatic rings. The summed E-state index contributed by atoms with van der Waals surface area (Å²) in [6.07, 6.45) is 0. The zero-order chi connectivity index (χ0) is 31.3. The number of fused-ring (bicyclic) bond motifs is 9. The van der Waals surface area contributed by atoms with Crippen molar-refractivity contribution in [2.24, 2.45) is 0 Å². The van der Waals surface area contributed by atoms with Crippen molar-refractivity contribution in [3.8, 4) is 39.9 Å². The van der Waals surface area contributed by atoms with E-state index in [4.69, 9.17) is 15.0 Å². The van der Waals surface area contributed by atoms with Gasteiger partial charge in [-0.05, 0) is 52.6 Å². The van der Waals surface area contributed by atoms with Crippen LogP contribution < -0.4 is 0 Å². The van der Waals surface area contributed by atoms with Crippen molar-refractivity contribution in [3.63, 3.8) is 0 Å². The van der Waals surface area contributed by atoms with Crippen LogP contribution in [0, 0.1) is 0 Å². The summed E-state index contributed by atoms with van der Waals surface area (Å²) in [6.45, 7) is 4.62. The first-order valence-electron chi connectivity index (χ1n) is 16.0. The summed E-state index contributed by atoms with van der Waals surface area (Å²) >= 11 is 1.84. The SMILES string of the molecule is CC1(C)c2ccccc2-c2ccc(-c3nc(-c4ccccc4)nc(-n4c5ccccc5c5cc6sc7ccccc7c6cc54)n3)cc21. The maximum absolute atomic E-state index is 5.27. The van der Waals surface area contributed by atoms with Crippen molar-refractivity contribution in [2.75, 3.05) is 0 Å². The molecule has 0 spiro atoms. The molecule has 0 amide bonds. The fourth-order valence-electron chi connectivity index (χ4n) is 7.56. The van der Waals surface area contributed by atoms with E-state index in [1.54, 1.807) is 0 Å². The van der Waals surface area contributed by atoms with E-state index in [-0.39, 0.29) is 5.41 Å². The Morgan fingerprint density at radius 3 is 2.06 bits per heavy atom. The minimum absolute atomic E-state index is 0.123. The third kappa shape index (κ3) is 3.84. The Morgan fingerprint density at radius 1 is 0.489 bits per heavy atom. The molecule has 0 unspecified atom stereocenters. The first-order valence-corrected chi connectivity index (χ1v) is 16.8. The first-order chi connectivity index (χ1) is 23.0. The summed E-state index contributed by atoms with van der Waals surface area (Å²) < 4.78 is 4.80. The summed E-state index contributed by atoms with van der Waals surface area (Å²) in [4.78, 5) is 15.6. The molecule has 3 heterocycles. The average molecular weight is 621 g/mol. The zero-order valence-electron chi connectivity index (χ0n) is 25.9. The van der Waals surface area contributed by atoms with Gasteiger partial charge in [0.2, 0.25) is 5.95 Å². The summed E-state index contributed by atoms with van der Waals surface area (Å²) in [6, 6.07) is 47.6. The second-order valence-corrected chi connectivity index (χ2v) is 14.0. The summed E-state index contributed by atoms with van der Waals surface area (Å²) in [5.74, 6) is 1.93. The van der Waals surface area contributed by atoms with Crippen LogP contribution in [0.5, 0.6) is 0 Å². The number of nitrogens with zero attached hydrogens (tertiary/aromatic N) is 4. The Bertz CT molecular complexity index is 2720. The van der Waals surface area contributed by atoms with Gasteiger partial charge in [-0.2, -0.15) is 9.97 Å². The largest absolute Gasteiger partial charge is 0.278 e. The van der Waals surface area contributed by atoms with Crippen LogP contribution in [-0.2, 0) is 5.41 Å². The number of benzene rings is 6. The fraction of sp³-hybridized carbons (Fsp3) is 0.0714. The maximum atomic E-state index is 5.27. The maximum Gasteiger partial charge on any atom is 0.238 e. The van der Waals surface area contributed by atoms with Crippen molar-refractivity contribution in [2.45, 2.75) is 19.3 Å². The predicted molar refractivity (Wildman–Crippen MR) is 195 cm³/mol. The molecule has 47 heavy (non-hydrogen) atoms.